The molecule has 0 aliphatic heterocycles. The van der Waals surface area contributed by atoms with Crippen LogP contribution in [0.3, 0.4) is 0 Å². The van der Waals surface area contributed by atoms with Crippen LogP contribution >= 0.6 is 22.6 Å². The molecule has 1 aromatic heterocycles. The molecule has 0 saturated carbocycles. The molecule has 2 aromatic carbocycles. The molecule has 1 heterocycles. The molecule has 1 amide bonds. The fourth-order valence-corrected chi connectivity index (χ4v) is 2.54. The minimum absolute atomic E-state index is 0.0198. The van der Waals surface area contributed by atoms with E-state index in [-0.39, 0.29) is 18.2 Å². The molecule has 3 rings (SSSR count). The normalized spacial score (nSPS) is 10.3. The molecule has 2 N–H and O–H groups in total. The Balaban J connectivity index is 1.61. The Kier molecular flexibility index (Phi) is 5.46. The lowest BCUT2D eigenvalue weighted by atomic mass is 10.1. The second kappa shape index (κ2) is 7.95. The van der Waals surface area contributed by atoms with Crippen LogP contribution in [-0.4, -0.2) is 27.6 Å². The minimum Gasteiger partial charge on any atom is -0.484 e. The number of hydrogen-bond acceptors (Lipinski definition) is 5. The summed E-state index contributed by atoms with van der Waals surface area (Å²) < 4.78 is 6.47. The van der Waals surface area contributed by atoms with Gasteiger partial charge in [-0.25, -0.2) is 0 Å². The number of halogens is 1. The molecular weight excluding hydrogens is 451 g/mol. The first-order valence-electron chi connectivity index (χ1n) is 7.50. The van der Waals surface area contributed by atoms with E-state index in [1.807, 2.05) is 12.1 Å². The summed E-state index contributed by atoms with van der Waals surface area (Å²) in [5.41, 5.74) is 1.14. The largest absolute Gasteiger partial charge is 0.484 e. The number of aromatic amines is 1. The van der Waals surface area contributed by atoms with E-state index in [0.29, 0.717) is 22.8 Å². The van der Waals surface area contributed by atoms with Crippen molar-refractivity contribution >= 4 is 40.0 Å². The zero-order valence-electron chi connectivity index (χ0n) is 13.3. The van der Waals surface area contributed by atoms with Crippen molar-refractivity contribution in [2.75, 3.05) is 11.9 Å². The standard InChI is InChI=1S/C17H13IN4O4/c18-12-4-6-14(7-5-12)26-10-17(23)19-16-9-15(20-21-16)11-2-1-3-13(8-11)22(24)25/h1-9H,10H2,(H2,19,20,21,23). The molecule has 8 nitrogen and oxygen atoms in total. The maximum Gasteiger partial charge on any atom is 0.270 e. The quantitative estimate of drug-likeness (QED) is 0.329. The number of H-pyrrole nitrogens is 1. The summed E-state index contributed by atoms with van der Waals surface area (Å²) in [5.74, 6) is 0.545. The van der Waals surface area contributed by atoms with E-state index in [2.05, 4.69) is 38.1 Å². The van der Waals surface area contributed by atoms with Gasteiger partial charge in [0, 0.05) is 27.3 Å². The molecule has 9 heteroatoms. The SMILES string of the molecule is O=C(COc1ccc(I)cc1)Nc1cc(-c2cccc([N+](=O)[O-])c2)[nH]n1. The summed E-state index contributed by atoms with van der Waals surface area (Å²) in [6, 6.07) is 15.1. The van der Waals surface area contributed by atoms with Crippen LogP contribution in [0.5, 0.6) is 5.75 Å². The third-order valence-corrected chi connectivity index (χ3v) is 4.12. The minimum atomic E-state index is -0.468. The lowest BCUT2D eigenvalue weighted by Gasteiger charge is -2.05. The average molecular weight is 464 g/mol. The van der Waals surface area contributed by atoms with Crippen LogP contribution in [0.25, 0.3) is 11.3 Å². The fraction of sp³-hybridized carbons (Fsp3) is 0.0588. The summed E-state index contributed by atoms with van der Waals surface area (Å²) in [7, 11) is 0. The Hall–Kier alpha value is -2.95. The number of nitro groups is 1. The highest BCUT2D eigenvalue weighted by Crippen LogP contribution is 2.23. The molecule has 3 aromatic rings. The van der Waals surface area contributed by atoms with Gasteiger partial charge in [-0.1, -0.05) is 12.1 Å². The summed E-state index contributed by atoms with van der Waals surface area (Å²) in [6.45, 7) is -0.153. The molecule has 26 heavy (non-hydrogen) atoms. The lowest BCUT2D eigenvalue weighted by Crippen LogP contribution is -2.20. The zero-order valence-corrected chi connectivity index (χ0v) is 15.5. The van der Waals surface area contributed by atoms with E-state index in [9.17, 15) is 14.9 Å². The number of carbonyl (C=O) groups is 1. The van der Waals surface area contributed by atoms with E-state index in [0.717, 1.165) is 3.57 Å². The summed E-state index contributed by atoms with van der Waals surface area (Å²) in [5, 5.41) is 20.2. The van der Waals surface area contributed by atoms with Crippen LogP contribution < -0.4 is 10.1 Å². The molecule has 0 fully saturated rings. The van der Waals surface area contributed by atoms with Gasteiger partial charge in [-0.3, -0.25) is 20.0 Å². The molecular formula is C17H13IN4O4. The van der Waals surface area contributed by atoms with E-state index >= 15 is 0 Å². The predicted molar refractivity (Wildman–Crippen MR) is 104 cm³/mol. The first-order valence-corrected chi connectivity index (χ1v) is 8.57. The van der Waals surface area contributed by atoms with Crippen molar-refractivity contribution in [3.05, 3.63) is 68.3 Å². The van der Waals surface area contributed by atoms with Crippen LogP contribution in [-0.2, 0) is 4.79 Å². The summed E-state index contributed by atoms with van der Waals surface area (Å²) in [6.07, 6.45) is 0. The first kappa shape index (κ1) is 17.9. The average Bonchev–Trinajstić information content (AvgIpc) is 3.10. The van der Waals surface area contributed by atoms with Crippen molar-refractivity contribution < 1.29 is 14.5 Å². The molecule has 132 valence electrons. The third-order valence-electron chi connectivity index (χ3n) is 3.40. The zero-order chi connectivity index (χ0) is 18.5. The maximum atomic E-state index is 12.0. The summed E-state index contributed by atoms with van der Waals surface area (Å²) in [4.78, 5) is 22.3. The van der Waals surface area contributed by atoms with E-state index in [1.54, 1.807) is 30.3 Å². The summed E-state index contributed by atoms with van der Waals surface area (Å²) >= 11 is 2.18. The van der Waals surface area contributed by atoms with Gasteiger partial charge in [0.2, 0.25) is 0 Å². The van der Waals surface area contributed by atoms with E-state index in [1.165, 1.54) is 12.1 Å². The van der Waals surface area contributed by atoms with Crippen molar-refractivity contribution in [2.24, 2.45) is 0 Å². The number of non-ortho nitro benzene ring substituents is 1. The first-order chi connectivity index (χ1) is 12.5. The number of hydrogen-bond donors (Lipinski definition) is 2. The van der Waals surface area contributed by atoms with E-state index in [4.69, 9.17) is 4.74 Å². The van der Waals surface area contributed by atoms with Crippen LogP contribution in [0.2, 0.25) is 0 Å². The Bertz CT molecular complexity index is 940. The Labute approximate surface area is 161 Å². The van der Waals surface area contributed by atoms with Gasteiger partial charge < -0.3 is 10.1 Å². The maximum absolute atomic E-state index is 12.0. The fourth-order valence-electron chi connectivity index (χ4n) is 2.18. The monoisotopic (exact) mass is 464 g/mol. The van der Waals surface area contributed by atoms with Gasteiger partial charge in [0.25, 0.3) is 11.6 Å². The van der Waals surface area contributed by atoms with Gasteiger partial charge in [0.1, 0.15) is 5.75 Å². The van der Waals surface area contributed by atoms with Crippen LogP contribution in [0.15, 0.2) is 54.6 Å². The Morgan fingerprint density at radius 3 is 2.73 bits per heavy atom. The van der Waals surface area contributed by atoms with Crippen LogP contribution in [0.1, 0.15) is 0 Å². The highest BCUT2D eigenvalue weighted by Gasteiger charge is 2.11. The smallest absolute Gasteiger partial charge is 0.270 e. The number of amides is 1. The highest BCUT2D eigenvalue weighted by molar-refractivity contribution is 14.1. The predicted octanol–water partition coefficient (Wildman–Crippen LogP) is 3.61. The van der Waals surface area contributed by atoms with Gasteiger partial charge >= 0.3 is 0 Å². The Morgan fingerprint density at radius 1 is 1.23 bits per heavy atom. The second-order valence-electron chi connectivity index (χ2n) is 5.27. The Morgan fingerprint density at radius 2 is 2.00 bits per heavy atom. The molecule has 0 aliphatic carbocycles. The van der Waals surface area contributed by atoms with Gasteiger partial charge in [0.05, 0.1) is 10.6 Å². The number of nitrogens with one attached hydrogen (secondary N) is 2. The molecule has 0 unspecified atom stereocenters. The van der Waals surface area contributed by atoms with Crippen molar-refractivity contribution in [1.82, 2.24) is 10.2 Å². The van der Waals surface area contributed by atoms with Crippen molar-refractivity contribution in [3.8, 4) is 17.0 Å². The number of carbonyl (C=O) groups excluding carboxylic acids is 1. The molecule has 0 bridgehead atoms. The van der Waals surface area contributed by atoms with Crippen molar-refractivity contribution in [1.29, 1.82) is 0 Å². The molecule has 0 spiro atoms. The lowest BCUT2D eigenvalue weighted by molar-refractivity contribution is -0.384. The number of anilines is 1. The van der Waals surface area contributed by atoms with Gasteiger partial charge in [-0.15, -0.1) is 0 Å². The molecule has 0 radical (unpaired) electrons. The molecule has 0 saturated heterocycles. The number of nitrogens with zero attached hydrogens (tertiary/aromatic N) is 2. The van der Waals surface area contributed by atoms with E-state index < -0.39 is 4.92 Å². The number of benzene rings is 2. The number of ether oxygens (including phenoxy) is 1. The number of rotatable bonds is 6. The highest BCUT2D eigenvalue weighted by atomic mass is 127. The van der Waals surface area contributed by atoms with Gasteiger partial charge in [-0.05, 0) is 46.9 Å². The molecule has 0 atom stereocenters. The van der Waals surface area contributed by atoms with Crippen LogP contribution in [0.4, 0.5) is 11.5 Å². The number of nitro benzene ring substituents is 1. The second-order valence-corrected chi connectivity index (χ2v) is 6.51. The van der Waals surface area contributed by atoms with Gasteiger partial charge in [0.15, 0.2) is 12.4 Å². The van der Waals surface area contributed by atoms with Crippen molar-refractivity contribution in [3.63, 3.8) is 0 Å². The molecule has 0 aliphatic rings. The number of aromatic nitrogens is 2. The third kappa shape index (κ3) is 4.57. The van der Waals surface area contributed by atoms with Crippen LogP contribution in [0, 0.1) is 13.7 Å². The van der Waals surface area contributed by atoms with Crippen molar-refractivity contribution in [2.45, 2.75) is 0 Å². The topological polar surface area (TPSA) is 110 Å². The van der Waals surface area contributed by atoms with Gasteiger partial charge in [-0.2, -0.15) is 5.10 Å².